The van der Waals surface area contributed by atoms with Gasteiger partial charge < -0.3 is 15.4 Å². The van der Waals surface area contributed by atoms with Gasteiger partial charge in [-0.25, -0.2) is 9.78 Å². The Kier molecular flexibility index (Phi) is 5.57. The average Bonchev–Trinajstić information content (AvgIpc) is 2.67. The van der Waals surface area contributed by atoms with Crippen LogP contribution in [0.2, 0.25) is 5.02 Å². The minimum Gasteiger partial charge on any atom is -0.465 e. The van der Waals surface area contributed by atoms with Crippen molar-refractivity contribution in [3.63, 3.8) is 0 Å². The quantitative estimate of drug-likeness (QED) is 0.603. The van der Waals surface area contributed by atoms with Gasteiger partial charge in [0.25, 0.3) is 0 Å². The van der Waals surface area contributed by atoms with Crippen molar-refractivity contribution in [2.75, 3.05) is 17.7 Å². The van der Waals surface area contributed by atoms with Crippen LogP contribution in [0.25, 0.3) is 0 Å². The third-order valence-electron chi connectivity index (χ3n) is 4.16. The van der Waals surface area contributed by atoms with E-state index in [0.717, 1.165) is 11.3 Å². The Morgan fingerprint density at radius 3 is 2.67 bits per heavy atom. The predicted molar refractivity (Wildman–Crippen MR) is 107 cm³/mol. The minimum absolute atomic E-state index is 0.356. The first-order valence-corrected chi connectivity index (χ1v) is 8.67. The van der Waals surface area contributed by atoms with Crippen molar-refractivity contribution < 1.29 is 9.53 Å². The number of aromatic nitrogens is 2. The lowest BCUT2D eigenvalue weighted by Crippen LogP contribution is -2.04. The number of nitrogens with zero attached hydrogens (tertiary/aromatic N) is 2. The number of halogens is 1. The minimum atomic E-state index is -0.444. The van der Waals surface area contributed by atoms with Gasteiger partial charge in [-0.2, -0.15) is 4.98 Å². The van der Waals surface area contributed by atoms with Gasteiger partial charge in [-0.15, -0.1) is 0 Å². The lowest BCUT2D eigenvalue weighted by atomic mass is 10.1. The van der Waals surface area contributed by atoms with E-state index in [-0.39, 0.29) is 0 Å². The van der Waals surface area contributed by atoms with Crippen molar-refractivity contribution >= 4 is 40.7 Å². The first kappa shape index (κ1) is 18.7. The van der Waals surface area contributed by atoms with E-state index < -0.39 is 5.97 Å². The maximum Gasteiger partial charge on any atom is 0.337 e. The van der Waals surface area contributed by atoms with Crippen LogP contribution in [0, 0.1) is 13.8 Å². The number of ether oxygens (including phenoxy) is 1. The molecule has 6 nitrogen and oxygen atoms in total. The summed E-state index contributed by atoms with van der Waals surface area (Å²) < 4.78 is 4.74. The summed E-state index contributed by atoms with van der Waals surface area (Å²) in [4.78, 5) is 20.4. The molecule has 7 heteroatoms. The molecule has 0 aliphatic rings. The van der Waals surface area contributed by atoms with E-state index in [0.29, 0.717) is 28.0 Å². The zero-order valence-electron chi connectivity index (χ0n) is 15.2. The Bertz CT molecular complexity index is 991. The Hall–Kier alpha value is -3.12. The van der Waals surface area contributed by atoms with Crippen LogP contribution < -0.4 is 10.6 Å². The normalized spacial score (nSPS) is 10.4. The largest absolute Gasteiger partial charge is 0.465 e. The molecular formula is C20H19ClN4O2. The fourth-order valence-electron chi connectivity index (χ4n) is 2.50. The standard InChI is InChI=1S/C20H19ClN4O2/c1-12-5-4-6-16(13(12)2)23-18-9-10-22-20(25-18)24-17-11-14(19(26)27-3)7-8-15(17)21/h4-11H,1-3H3,(H2,22,23,24,25). The highest BCUT2D eigenvalue weighted by Gasteiger charge is 2.10. The van der Waals surface area contributed by atoms with E-state index in [4.69, 9.17) is 16.3 Å². The molecule has 2 aromatic carbocycles. The molecule has 0 fully saturated rings. The number of aryl methyl sites for hydroxylation is 1. The van der Waals surface area contributed by atoms with Gasteiger partial charge in [-0.1, -0.05) is 23.7 Å². The summed E-state index contributed by atoms with van der Waals surface area (Å²) in [5.41, 5.74) is 4.22. The summed E-state index contributed by atoms with van der Waals surface area (Å²) in [5, 5.41) is 6.78. The van der Waals surface area contributed by atoms with Crippen molar-refractivity contribution in [2.45, 2.75) is 13.8 Å². The second-order valence-corrected chi connectivity index (χ2v) is 6.36. The predicted octanol–water partition coefficient (Wildman–Crippen LogP) is 5.02. The van der Waals surface area contributed by atoms with Crippen LogP contribution in [0.4, 0.5) is 23.1 Å². The summed E-state index contributed by atoms with van der Waals surface area (Å²) in [5.74, 6) is 0.552. The van der Waals surface area contributed by atoms with Crippen LogP contribution >= 0.6 is 11.6 Å². The smallest absolute Gasteiger partial charge is 0.337 e. The molecule has 0 radical (unpaired) electrons. The van der Waals surface area contributed by atoms with Crippen LogP contribution in [0.1, 0.15) is 21.5 Å². The Balaban J connectivity index is 1.84. The molecule has 1 aromatic heterocycles. The zero-order valence-corrected chi connectivity index (χ0v) is 16.0. The van der Waals surface area contributed by atoms with Crippen LogP contribution in [-0.2, 0) is 4.74 Å². The van der Waals surface area contributed by atoms with E-state index in [1.54, 1.807) is 30.5 Å². The summed E-state index contributed by atoms with van der Waals surface area (Å²) in [6, 6.07) is 12.6. The van der Waals surface area contributed by atoms with E-state index >= 15 is 0 Å². The second kappa shape index (κ2) is 8.05. The zero-order chi connectivity index (χ0) is 19.4. The van der Waals surface area contributed by atoms with E-state index in [1.807, 2.05) is 12.1 Å². The highest BCUT2D eigenvalue weighted by Crippen LogP contribution is 2.27. The maximum atomic E-state index is 11.7. The van der Waals surface area contributed by atoms with Crippen LogP contribution in [0.3, 0.4) is 0 Å². The number of nitrogens with one attached hydrogen (secondary N) is 2. The molecular weight excluding hydrogens is 364 g/mol. The Labute approximate surface area is 162 Å². The van der Waals surface area contributed by atoms with Gasteiger partial charge in [0, 0.05) is 11.9 Å². The summed E-state index contributed by atoms with van der Waals surface area (Å²) in [6.07, 6.45) is 1.64. The van der Waals surface area contributed by atoms with Gasteiger partial charge in [-0.3, -0.25) is 0 Å². The molecule has 0 aliphatic carbocycles. The van der Waals surface area contributed by atoms with Crippen molar-refractivity contribution in [3.05, 3.63) is 70.4 Å². The average molecular weight is 383 g/mol. The van der Waals surface area contributed by atoms with Gasteiger partial charge in [0.05, 0.1) is 23.4 Å². The maximum absolute atomic E-state index is 11.7. The van der Waals surface area contributed by atoms with Gasteiger partial charge in [-0.05, 0) is 55.3 Å². The molecule has 0 saturated heterocycles. The molecule has 1 heterocycles. The second-order valence-electron chi connectivity index (χ2n) is 5.95. The van der Waals surface area contributed by atoms with Crippen LogP contribution in [0.5, 0.6) is 0 Å². The molecule has 3 rings (SSSR count). The van der Waals surface area contributed by atoms with E-state index in [1.165, 1.54) is 12.7 Å². The van der Waals surface area contributed by atoms with E-state index in [9.17, 15) is 4.79 Å². The van der Waals surface area contributed by atoms with E-state index in [2.05, 4.69) is 40.5 Å². The number of carbonyl (C=O) groups excluding carboxylic acids is 1. The summed E-state index contributed by atoms with van der Waals surface area (Å²) in [7, 11) is 1.33. The molecule has 27 heavy (non-hydrogen) atoms. The highest BCUT2D eigenvalue weighted by atomic mass is 35.5. The van der Waals surface area contributed by atoms with Crippen molar-refractivity contribution in [3.8, 4) is 0 Å². The monoisotopic (exact) mass is 382 g/mol. The van der Waals surface area contributed by atoms with Gasteiger partial charge in [0.1, 0.15) is 5.82 Å². The molecule has 138 valence electrons. The number of benzene rings is 2. The first-order chi connectivity index (χ1) is 13.0. The molecule has 0 bridgehead atoms. The molecule has 0 amide bonds. The fraction of sp³-hybridized carbons (Fsp3) is 0.150. The van der Waals surface area contributed by atoms with Gasteiger partial charge >= 0.3 is 5.97 Å². The van der Waals surface area contributed by atoms with Crippen molar-refractivity contribution in [2.24, 2.45) is 0 Å². The number of esters is 1. The first-order valence-electron chi connectivity index (χ1n) is 8.29. The van der Waals surface area contributed by atoms with Gasteiger partial charge in [0.15, 0.2) is 0 Å². The Morgan fingerprint density at radius 2 is 1.89 bits per heavy atom. The molecule has 0 unspecified atom stereocenters. The lowest BCUT2D eigenvalue weighted by Gasteiger charge is -2.12. The number of methoxy groups -OCH3 is 1. The third kappa shape index (κ3) is 4.35. The fourth-order valence-corrected chi connectivity index (χ4v) is 2.66. The molecule has 0 saturated carbocycles. The van der Waals surface area contributed by atoms with Crippen LogP contribution in [0.15, 0.2) is 48.7 Å². The lowest BCUT2D eigenvalue weighted by molar-refractivity contribution is 0.0601. The number of carbonyl (C=O) groups is 1. The molecule has 0 aliphatic heterocycles. The molecule has 3 aromatic rings. The number of rotatable bonds is 5. The number of hydrogen-bond acceptors (Lipinski definition) is 6. The SMILES string of the molecule is COC(=O)c1ccc(Cl)c(Nc2nccc(Nc3cccc(C)c3C)n2)c1. The topological polar surface area (TPSA) is 76.1 Å². The van der Waals surface area contributed by atoms with Crippen LogP contribution in [-0.4, -0.2) is 23.0 Å². The molecule has 0 atom stereocenters. The van der Waals surface area contributed by atoms with Crippen molar-refractivity contribution in [1.29, 1.82) is 0 Å². The highest BCUT2D eigenvalue weighted by molar-refractivity contribution is 6.33. The number of hydrogen-bond donors (Lipinski definition) is 2. The third-order valence-corrected chi connectivity index (χ3v) is 4.49. The summed E-state index contributed by atoms with van der Waals surface area (Å²) in [6.45, 7) is 4.11. The molecule has 0 spiro atoms. The number of anilines is 4. The Morgan fingerprint density at radius 1 is 1.07 bits per heavy atom. The summed E-state index contributed by atoms with van der Waals surface area (Å²) >= 11 is 6.22. The molecule has 2 N–H and O–H groups in total. The van der Waals surface area contributed by atoms with Crippen molar-refractivity contribution in [1.82, 2.24) is 9.97 Å². The van der Waals surface area contributed by atoms with Gasteiger partial charge in [0.2, 0.25) is 5.95 Å².